The van der Waals surface area contributed by atoms with Gasteiger partial charge in [0.2, 0.25) is 0 Å². The SMILES string of the molecule is CCCOC(C(=O)O)c1ccccc1Cl. The molecule has 0 aliphatic heterocycles. The summed E-state index contributed by atoms with van der Waals surface area (Å²) in [6, 6.07) is 6.82. The number of carboxylic acid groups (broad SMARTS) is 1. The largest absolute Gasteiger partial charge is 0.479 e. The van der Waals surface area contributed by atoms with Gasteiger partial charge in [0, 0.05) is 17.2 Å². The van der Waals surface area contributed by atoms with Crippen molar-refractivity contribution in [2.75, 3.05) is 6.61 Å². The molecule has 1 N–H and O–H groups in total. The molecule has 0 aliphatic rings. The summed E-state index contributed by atoms with van der Waals surface area (Å²) in [4.78, 5) is 11.0. The molecule has 1 atom stereocenters. The lowest BCUT2D eigenvalue weighted by Gasteiger charge is -2.14. The van der Waals surface area contributed by atoms with Gasteiger partial charge in [-0.3, -0.25) is 0 Å². The number of hydrogen-bond donors (Lipinski definition) is 1. The zero-order valence-corrected chi connectivity index (χ0v) is 9.20. The summed E-state index contributed by atoms with van der Waals surface area (Å²) >= 11 is 5.90. The minimum Gasteiger partial charge on any atom is -0.479 e. The quantitative estimate of drug-likeness (QED) is 0.843. The Labute approximate surface area is 93.6 Å². The van der Waals surface area contributed by atoms with Crippen LogP contribution in [0.1, 0.15) is 25.0 Å². The minimum absolute atomic E-state index is 0.405. The van der Waals surface area contributed by atoms with Crippen molar-refractivity contribution in [3.05, 3.63) is 34.9 Å². The van der Waals surface area contributed by atoms with Gasteiger partial charge in [0.15, 0.2) is 6.10 Å². The van der Waals surface area contributed by atoms with Gasteiger partial charge in [0.25, 0.3) is 0 Å². The Morgan fingerprint density at radius 2 is 2.20 bits per heavy atom. The van der Waals surface area contributed by atoms with Crippen LogP contribution in [0.15, 0.2) is 24.3 Å². The number of hydrogen-bond acceptors (Lipinski definition) is 2. The average Bonchev–Trinajstić information content (AvgIpc) is 2.20. The molecule has 1 aromatic rings. The van der Waals surface area contributed by atoms with Gasteiger partial charge in [0.05, 0.1) is 0 Å². The molecule has 82 valence electrons. The molecule has 1 unspecified atom stereocenters. The molecule has 0 aliphatic carbocycles. The van der Waals surface area contributed by atoms with Crippen LogP contribution in [0.3, 0.4) is 0 Å². The van der Waals surface area contributed by atoms with Crippen molar-refractivity contribution in [2.24, 2.45) is 0 Å². The Kier molecular flexibility index (Phi) is 4.59. The highest BCUT2D eigenvalue weighted by Gasteiger charge is 2.22. The summed E-state index contributed by atoms with van der Waals surface area (Å²) in [5, 5.41) is 9.41. The van der Waals surface area contributed by atoms with Crippen molar-refractivity contribution in [1.82, 2.24) is 0 Å². The normalized spacial score (nSPS) is 12.4. The molecule has 1 rings (SSSR count). The molecule has 0 bridgehead atoms. The van der Waals surface area contributed by atoms with Gasteiger partial charge in [-0.05, 0) is 12.5 Å². The smallest absolute Gasteiger partial charge is 0.337 e. The van der Waals surface area contributed by atoms with Gasteiger partial charge in [-0.15, -0.1) is 0 Å². The molecular weight excluding hydrogens is 216 g/mol. The fourth-order valence-corrected chi connectivity index (χ4v) is 1.45. The standard InChI is InChI=1S/C11H13ClO3/c1-2-7-15-10(11(13)14)8-5-3-4-6-9(8)12/h3-6,10H,2,7H2,1H3,(H,13,14). The van der Waals surface area contributed by atoms with Crippen LogP contribution < -0.4 is 0 Å². The van der Waals surface area contributed by atoms with Crippen LogP contribution in [0.5, 0.6) is 0 Å². The minimum atomic E-state index is -1.02. The van der Waals surface area contributed by atoms with Crippen LogP contribution in [0.25, 0.3) is 0 Å². The first-order chi connectivity index (χ1) is 7.16. The predicted molar refractivity (Wildman–Crippen MR) is 58.1 cm³/mol. The highest BCUT2D eigenvalue weighted by molar-refractivity contribution is 6.31. The number of halogens is 1. The van der Waals surface area contributed by atoms with Gasteiger partial charge in [-0.25, -0.2) is 4.79 Å². The number of ether oxygens (including phenoxy) is 1. The Morgan fingerprint density at radius 3 is 2.73 bits per heavy atom. The zero-order valence-electron chi connectivity index (χ0n) is 8.44. The third-order valence-electron chi connectivity index (χ3n) is 1.90. The van der Waals surface area contributed by atoms with Crippen molar-refractivity contribution in [2.45, 2.75) is 19.4 Å². The lowest BCUT2D eigenvalue weighted by Crippen LogP contribution is -2.16. The molecule has 0 saturated carbocycles. The first kappa shape index (κ1) is 12.0. The Hall–Kier alpha value is -1.06. The van der Waals surface area contributed by atoms with Crippen LogP contribution in [-0.4, -0.2) is 17.7 Å². The van der Waals surface area contributed by atoms with Gasteiger partial charge in [0.1, 0.15) is 0 Å². The van der Waals surface area contributed by atoms with E-state index in [0.29, 0.717) is 17.2 Å². The summed E-state index contributed by atoms with van der Waals surface area (Å²) in [5.74, 6) is -1.02. The average molecular weight is 229 g/mol. The third-order valence-corrected chi connectivity index (χ3v) is 2.24. The lowest BCUT2D eigenvalue weighted by molar-refractivity contribution is -0.150. The van der Waals surface area contributed by atoms with Crippen molar-refractivity contribution >= 4 is 17.6 Å². The van der Waals surface area contributed by atoms with E-state index < -0.39 is 12.1 Å². The van der Waals surface area contributed by atoms with Crippen molar-refractivity contribution in [3.8, 4) is 0 Å². The maximum atomic E-state index is 11.0. The monoisotopic (exact) mass is 228 g/mol. The molecule has 0 aromatic heterocycles. The van der Waals surface area contributed by atoms with E-state index in [1.54, 1.807) is 24.3 Å². The second kappa shape index (κ2) is 5.73. The van der Waals surface area contributed by atoms with E-state index in [1.807, 2.05) is 6.92 Å². The third kappa shape index (κ3) is 3.22. The van der Waals surface area contributed by atoms with Crippen molar-refractivity contribution in [3.63, 3.8) is 0 Å². The van der Waals surface area contributed by atoms with E-state index in [0.717, 1.165) is 6.42 Å². The summed E-state index contributed by atoms with van der Waals surface area (Å²) in [6.45, 7) is 2.33. The Balaban J connectivity index is 2.89. The van der Waals surface area contributed by atoms with Crippen LogP contribution in [-0.2, 0) is 9.53 Å². The van der Waals surface area contributed by atoms with E-state index in [1.165, 1.54) is 0 Å². The van der Waals surface area contributed by atoms with Crippen LogP contribution in [0.4, 0.5) is 0 Å². The first-order valence-electron chi connectivity index (χ1n) is 4.75. The van der Waals surface area contributed by atoms with E-state index in [9.17, 15) is 4.79 Å². The van der Waals surface area contributed by atoms with Gasteiger partial charge < -0.3 is 9.84 Å². The van der Waals surface area contributed by atoms with Gasteiger partial charge in [-0.2, -0.15) is 0 Å². The fourth-order valence-electron chi connectivity index (χ4n) is 1.22. The number of benzene rings is 1. The molecule has 0 fully saturated rings. The molecule has 1 aromatic carbocycles. The van der Waals surface area contributed by atoms with Gasteiger partial charge in [-0.1, -0.05) is 36.7 Å². The predicted octanol–water partition coefficient (Wildman–Crippen LogP) is 2.89. The van der Waals surface area contributed by atoms with Gasteiger partial charge >= 0.3 is 5.97 Å². The maximum Gasteiger partial charge on any atom is 0.337 e. The molecule has 4 heteroatoms. The summed E-state index contributed by atoms with van der Waals surface area (Å²) < 4.78 is 5.24. The summed E-state index contributed by atoms with van der Waals surface area (Å²) in [6.07, 6.45) is -0.201. The number of rotatable bonds is 5. The first-order valence-corrected chi connectivity index (χ1v) is 5.13. The number of aliphatic carboxylic acids is 1. The molecule has 0 radical (unpaired) electrons. The van der Waals surface area contributed by atoms with Crippen LogP contribution in [0, 0.1) is 0 Å². The second-order valence-electron chi connectivity index (χ2n) is 3.11. The van der Waals surface area contributed by atoms with E-state index in [4.69, 9.17) is 21.4 Å². The second-order valence-corrected chi connectivity index (χ2v) is 3.52. The highest BCUT2D eigenvalue weighted by Crippen LogP contribution is 2.25. The Bertz CT molecular complexity index is 338. The fraction of sp³-hybridized carbons (Fsp3) is 0.364. The van der Waals surface area contributed by atoms with E-state index in [2.05, 4.69) is 0 Å². The topological polar surface area (TPSA) is 46.5 Å². The van der Waals surface area contributed by atoms with E-state index in [-0.39, 0.29) is 0 Å². The van der Waals surface area contributed by atoms with Crippen molar-refractivity contribution in [1.29, 1.82) is 0 Å². The molecule has 15 heavy (non-hydrogen) atoms. The highest BCUT2D eigenvalue weighted by atomic mass is 35.5. The number of carboxylic acids is 1. The molecule has 0 heterocycles. The maximum absolute atomic E-state index is 11.0. The molecule has 0 amide bonds. The Morgan fingerprint density at radius 1 is 1.53 bits per heavy atom. The summed E-state index contributed by atoms with van der Waals surface area (Å²) in [7, 11) is 0. The number of carbonyl (C=O) groups is 1. The molecular formula is C11H13ClO3. The molecule has 3 nitrogen and oxygen atoms in total. The molecule has 0 spiro atoms. The van der Waals surface area contributed by atoms with Crippen LogP contribution >= 0.6 is 11.6 Å². The summed E-state index contributed by atoms with van der Waals surface area (Å²) in [5.41, 5.74) is 0.500. The van der Waals surface area contributed by atoms with E-state index >= 15 is 0 Å². The van der Waals surface area contributed by atoms with Crippen LogP contribution in [0.2, 0.25) is 5.02 Å². The lowest BCUT2D eigenvalue weighted by atomic mass is 10.1. The molecule has 0 saturated heterocycles. The van der Waals surface area contributed by atoms with Crippen molar-refractivity contribution < 1.29 is 14.6 Å². The zero-order chi connectivity index (χ0) is 11.3.